The molecule has 0 aromatic heterocycles. The molecule has 2 aromatic carbocycles. The van der Waals surface area contributed by atoms with Crippen LogP contribution in [0.5, 0.6) is 17.2 Å². The van der Waals surface area contributed by atoms with Gasteiger partial charge in [-0.2, -0.15) is 0 Å². The molecule has 2 atom stereocenters. The molecule has 5 rings (SSSR count). The van der Waals surface area contributed by atoms with E-state index < -0.39 is 5.97 Å². The Morgan fingerprint density at radius 3 is 2.39 bits per heavy atom. The van der Waals surface area contributed by atoms with Crippen LogP contribution >= 0.6 is 0 Å². The molecule has 0 fully saturated rings. The normalized spacial score (nSPS) is 24.6. The number of hydrogen-bond acceptors (Lipinski definition) is 4. The first kappa shape index (κ1) is 20.2. The van der Waals surface area contributed by atoms with Crippen molar-refractivity contribution in [3.63, 3.8) is 0 Å². The van der Waals surface area contributed by atoms with E-state index in [1.807, 2.05) is 12.1 Å². The maximum Gasteiger partial charge on any atom is 0.304 e. The Kier molecular flexibility index (Phi) is 4.51. The van der Waals surface area contributed by atoms with Crippen LogP contribution in [0.3, 0.4) is 0 Å². The molecule has 0 bridgehead atoms. The average molecular weight is 423 g/mol. The fourth-order valence-electron chi connectivity index (χ4n) is 5.19. The van der Waals surface area contributed by atoms with Gasteiger partial charge in [0.25, 0.3) is 0 Å². The van der Waals surface area contributed by atoms with Gasteiger partial charge in [-0.25, -0.2) is 0 Å². The van der Waals surface area contributed by atoms with Gasteiger partial charge >= 0.3 is 5.97 Å². The summed E-state index contributed by atoms with van der Waals surface area (Å²) < 4.78 is 18.2. The Bertz CT molecular complexity index is 1050. The molecule has 5 heteroatoms. The molecule has 0 amide bonds. The number of carboxylic acids is 1. The molecule has 1 aliphatic carbocycles. The van der Waals surface area contributed by atoms with Crippen LogP contribution < -0.4 is 14.2 Å². The van der Waals surface area contributed by atoms with Gasteiger partial charge in [0, 0.05) is 17.5 Å². The molecule has 2 heterocycles. The quantitative estimate of drug-likeness (QED) is 0.708. The van der Waals surface area contributed by atoms with E-state index in [-0.39, 0.29) is 29.3 Å². The largest absolute Gasteiger partial charge is 0.492 e. The molecule has 3 aliphatic rings. The second-order valence-electron chi connectivity index (χ2n) is 10.4. The minimum atomic E-state index is -0.824. The third kappa shape index (κ3) is 3.44. The van der Waals surface area contributed by atoms with Crippen molar-refractivity contribution < 1.29 is 24.1 Å². The first-order valence-electron chi connectivity index (χ1n) is 11.1. The van der Waals surface area contributed by atoms with Crippen molar-refractivity contribution in [3.8, 4) is 17.2 Å². The standard InChI is InChI=1S/C26H30O5/c1-25(2)7-8-26(3,4)19-9-15(5-6-18(19)25)23-14-30-21-11-17-16(10-24(27)28)13-29-20(17)12-22(21)31-23/h5-6,9,11-12,16,23H,7-8,10,13-14H2,1-4H3,(H,27,28)/t16-,23-/m1/s1. The zero-order valence-electron chi connectivity index (χ0n) is 18.7. The number of fused-ring (bicyclic) bond motifs is 3. The molecule has 1 N–H and O–H groups in total. The molecule has 0 saturated heterocycles. The highest BCUT2D eigenvalue weighted by Crippen LogP contribution is 2.49. The van der Waals surface area contributed by atoms with Gasteiger partial charge in [-0.05, 0) is 46.4 Å². The van der Waals surface area contributed by atoms with Crippen molar-refractivity contribution in [2.75, 3.05) is 13.2 Å². The predicted octanol–water partition coefficient (Wildman–Crippen LogP) is 5.50. The predicted molar refractivity (Wildman–Crippen MR) is 118 cm³/mol. The van der Waals surface area contributed by atoms with Crippen LogP contribution in [0.15, 0.2) is 30.3 Å². The molecule has 2 aliphatic heterocycles. The summed E-state index contributed by atoms with van der Waals surface area (Å²) in [5.74, 6) is 1.04. The monoisotopic (exact) mass is 422 g/mol. The molecule has 0 saturated carbocycles. The highest BCUT2D eigenvalue weighted by atomic mass is 16.6. The lowest BCUT2D eigenvalue weighted by Gasteiger charge is -2.42. The summed E-state index contributed by atoms with van der Waals surface area (Å²) in [6.45, 7) is 10.1. The third-order valence-corrected chi connectivity index (χ3v) is 7.29. The topological polar surface area (TPSA) is 65.0 Å². The molecule has 0 unspecified atom stereocenters. The molecule has 2 aromatic rings. The summed E-state index contributed by atoms with van der Waals surface area (Å²) in [6.07, 6.45) is 2.23. The highest BCUT2D eigenvalue weighted by molar-refractivity contribution is 5.69. The van der Waals surface area contributed by atoms with E-state index in [0.29, 0.717) is 30.5 Å². The van der Waals surface area contributed by atoms with E-state index in [1.165, 1.54) is 24.0 Å². The van der Waals surface area contributed by atoms with E-state index in [0.717, 1.165) is 11.1 Å². The van der Waals surface area contributed by atoms with E-state index in [1.54, 1.807) is 0 Å². The van der Waals surface area contributed by atoms with Gasteiger partial charge in [-0.1, -0.05) is 45.9 Å². The average Bonchev–Trinajstić information content (AvgIpc) is 3.10. The Morgan fingerprint density at radius 1 is 0.935 bits per heavy atom. The number of aliphatic carboxylic acids is 1. The minimum absolute atomic E-state index is 0.0521. The molecule has 5 nitrogen and oxygen atoms in total. The Hall–Kier alpha value is -2.69. The fraction of sp³-hybridized carbons (Fsp3) is 0.500. The summed E-state index contributed by atoms with van der Waals surface area (Å²) in [5.41, 5.74) is 5.18. The lowest BCUT2D eigenvalue weighted by Crippen LogP contribution is -2.34. The highest BCUT2D eigenvalue weighted by Gasteiger charge is 2.38. The summed E-state index contributed by atoms with van der Waals surface area (Å²) in [7, 11) is 0. The lowest BCUT2D eigenvalue weighted by molar-refractivity contribution is -0.137. The van der Waals surface area contributed by atoms with E-state index >= 15 is 0 Å². The zero-order chi connectivity index (χ0) is 22.0. The maximum atomic E-state index is 11.1. The van der Waals surface area contributed by atoms with E-state index in [9.17, 15) is 4.79 Å². The van der Waals surface area contributed by atoms with Crippen LogP contribution in [0.1, 0.15) is 81.2 Å². The minimum Gasteiger partial charge on any atom is -0.492 e. The van der Waals surface area contributed by atoms with Gasteiger partial charge in [0.15, 0.2) is 17.6 Å². The van der Waals surface area contributed by atoms with Crippen molar-refractivity contribution in [1.29, 1.82) is 0 Å². The first-order chi connectivity index (χ1) is 14.6. The number of carboxylic acid groups (broad SMARTS) is 1. The summed E-state index contributed by atoms with van der Waals surface area (Å²) in [6, 6.07) is 10.5. The fourth-order valence-corrected chi connectivity index (χ4v) is 5.19. The first-order valence-corrected chi connectivity index (χ1v) is 11.1. The molecule has 164 valence electrons. The number of benzene rings is 2. The van der Waals surface area contributed by atoms with Crippen LogP contribution in [0.4, 0.5) is 0 Å². The van der Waals surface area contributed by atoms with Crippen LogP contribution in [-0.2, 0) is 15.6 Å². The van der Waals surface area contributed by atoms with Gasteiger partial charge in [0.05, 0.1) is 13.0 Å². The molecule has 0 spiro atoms. The number of ether oxygens (including phenoxy) is 3. The maximum absolute atomic E-state index is 11.1. The SMILES string of the molecule is CC1(C)CCC(C)(C)c2cc([C@H]3COc4cc5c(cc4O3)OC[C@H]5CC(=O)O)ccc21. The van der Waals surface area contributed by atoms with Crippen molar-refractivity contribution in [2.24, 2.45) is 0 Å². The van der Waals surface area contributed by atoms with Gasteiger partial charge < -0.3 is 19.3 Å². The Morgan fingerprint density at radius 2 is 1.65 bits per heavy atom. The smallest absolute Gasteiger partial charge is 0.304 e. The molecule has 31 heavy (non-hydrogen) atoms. The summed E-state index contributed by atoms with van der Waals surface area (Å²) in [4.78, 5) is 11.1. The lowest BCUT2D eigenvalue weighted by atomic mass is 9.63. The van der Waals surface area contributed by atoms with Crippen molar-refractivity contribution in [1.82, 2.24) is 0 Å². The van der Waals surface area contributed by atoms with Crippen LogP contribution in [0.25, 0.3) is 0 Å². The van der Waals surface area contributed by atoms with Crippen LogP contribution in [0.2, 0.25) is 0 Å². The van der Waals surface area contributed by atoms with Crippen molar-refractivity contribution in [3.05, 3.63) is 52.6 Å². The Labute approximate surface area is 183 Å². The number of carbonyl (C=O) groups is 1. The molecular formula is C26H30O5. The van der Waals surface area contributed by atoms with Gasteiger partial charge in [-0.15, -0.1) is 0 Å². The van der Waals surface area contributed by atoms with Crippen molar-refractivity contribution >= 4 is 5.97 Å². The van der Waals surface area contributed by atoms with Gasteiger partial charge in [-0.3, -0.25) is 4.79 Å². The van der Waals surface area contributed by atoms with Gasteiger partial charge in [0.1, 0.15) is 12.4 Å². The number of hydrogen-bond donors (Lipinski definition) is 1. The van der Waals surface area contributed by atoms with Crippen molar-refractivity contribution in [2.45, 2.75) is 69.8 Å². The van der Waals surface area contributed by atoms with Gasteiger partial charge in [0.2, 0.25) is 0 Å². The summed E-state index contributed by atoms with van der Waals surface area (Å²) in [5, 5.41) is 9.14. The molecule has 0 radical (unpaired) electrons. The molecular weight excluding hydrogens is 392 g/mol. The number of rotatable bonds is 3. The second kappa shape index (κ2) is 6.91. The van der Waals surface area contributed by atoms with E-state index in [2.05, 4.69) is 45.9 Å². The van der Waals surface area contributed by atoms with E-state index in [4.69, 9.17) is 19.3 Å². The zero-order valence-corrected chi connectivity index (χ0v) is 18.7. The Balaban J connectivity index is 1.44. The van der Waals surface area contributed by atoms with Crippen LogP contribution in [-0.4, -0.2) is 24.3 Å². The second-order valence-corrected chi connectivity index (χ2v) is 10.4. The summed E-state index contributed by atoms with van der Waals surface area (Å²) >= 11 is 0. The third-order valence-electron chi connectivity index (χ3n) is 7.29. The van der Waals surface area contributed by atoms with Crippen LogP contribution in [0, 0.1) is 0 Å².